The van der Waals surface area contributed by atoms with Crippen LogP contribution in [0.3, 0.4) is 0 Å². The Kier molecular flexibility index (Phi) is 3.59. The van der Waals surface area contributed by atoms with Crippen molar-refractivity contribution >= 4 is 0 Å². The molecule has 84 valence electrons. The van der Waals surface area contributed by atoms with Crippen molar-refractivity contribution in [2.75, 3.05) is 0 Å². The van der Waals surface area contributed by atoms with Gasteiger partial charge in [0.2, 0.25) is 0 Å². The number of rotatable bonds is 4. The van der Waals surface area contributed by atoms with Crippen LogP contribution in [-0.2, 0) is 5.41 Å². The van der Waals surface area contributed by atoms with E-state index in [1.165, 1.54) is 18.4 Å². The summed E-state index contributed by atoms with van der Waals surface area (Å²) in [7, 11) is 0. The second kappa shape index (κ2) is 4.38. The van der Waals surface area contributed by atoms with E-state index in [4.69, 9.17) is 0 Å². The first-order valence-corrected chi connectivity index (χ1v) is 5.93. The van der Waals surface area contributed by atoms with Crippen molar-refractivity contribution in [2.45, 2.75) is 52.9 Å². The Labute approximate surface area is 94.7 Å². The minimum Gasteiger partial charge on any atom is -0.0649 e. The fraction of sp³-hybridized carbons (Fsp3) is 0.600. The maximum atomic E-state index is 2.36. The Hall–Kier alpha value is -0.780. The standard InChI is InChI=1S/C15H24/c1-6-14(2,3)12-15(4,5)13-10-8-7-9-11-13/h7-11H,6,12H2,1-5H3. The number of benzene rings is 1. The summed E-state index contributed by atoms with van der Waals surface area (Å²) in [5, 5.41) is 0. The third-order valence-corrected chi connectivity index (χ3v) is 3.43. The predicted octanol–water partition coefficient (Wildman–Crippen LogP) is 4.79. The van der Waals surface area contributed by atoms with Gasteiger partial charge in [-0.2, -0.15) is 0 Å². The topological polar surface area (TPSA) is 0 Å². The van der Waals surface area contributed by atoms with Crippen molar-refractivity contribution < 1.29 is 0 Å². The SMILES string of the molecule is CCC(C)(C)CC(C)(C)c1ccccc1. The second-order valence-electron chi connectivity index (χ2n) is 5.94. The Morgan fingerprint density at radius 3 is 1.93 bits per heavy atom. The van der Waals surface area contributed by atoms with Gasteiger partial charge in [-0.15, -0.1) is 0 Å². The Morgan fingerprint density at radius 2 is 1.47 bits per heavy atom. The molecule has 0 aliphatic heterocycles. The Balaban J connectivity index is 2.85. The molecule has 0 fully saturated rings. The van der Waals surface area contributed by atoms with E-state index in [0.717, 1.165) is 0 Å². The van der Waals surface area contributed by atoms with E-state index in [1.54, 1.807) is 0 Å². The molecule has 0 spiro atoms. The average molecular weight is 204 g/mol. The summed E-state index contributed by atoms with van der Waals surface area (Å²) in [5.74, 6) is 0. The maximum Gasteiger partial charge on any atom is -0.00985 e. The highest BCUT2D eigenvalue weighted by molar-refractivity contribution is 5.23. The van der Waals surface area contributed by atoms with Gasteiger partial charge < -0.3 is 0 Å². The van der Waals surface area contributed by atoms with E-state index in [0.29, 0.717) is 5.41 Å². The van der Waals surface area contributed by atoms with E-state index < -0.39 is 0 Å². The van der Waals surface area contributed by atoms with Gasteiger partial charge in [0.15, 0.2) is 0 Å². The van der Waals surface area contributed by atoms with Crippen LogP contribution < -0.4 is 0 Å². The van der Waals surface area contributed by atoms with Crippen LogP contribution in [-0.4, -0.2) is 0 Å². The smallest absolute Gasteiger partial charge is 0.00985 e. The van der Waals surface area contributed by atoms with Gasteiger partial charge in [-0.1, -0.05) is 71.4 Å². The molecule has 0 nitrogen and oxygen atoms in total. The molecule has 0 atom stereocenters. The Morgan fingerprint density at radius 1 is 0.933 bits per heavy atom. The molecule has 0 amide bonds. The van der Waals surface area contributed by atoms with E-state index in [-0.39, 0.29) is 5.41 Å². The molecule has 0 N–H and O–H groups in total. The van der Waals surface area contributed by atoms with Crippen LogP contribution in [0.2, 0.25) is 0 Å². The zero-order valence-corrected chi connectivity index (χ0v) is 10.8. The van der Waals surface area contributed by atoms with Crippen LogP contribution in [0.25, 0.3) is 0 Å². The lowest BCUT2D eigenvalue weighted by Gasteiger charge is -2.34. The largest absolute Gasteiger partial charge is 0.0649 e. The molecule has 0 saturated carbocycles. The molecule has 0 unspecified atom stereocenters. The van der Waals surface area contributed by atoms with Gasteiger partial charge in [-0.3, -0.25) is 0 Å². The second-order valence-corrected chi connectivity index (χ2v) is 5.94. The molecule has 15 heavy (non-hydrogen) atoms. The highest BCUT2D eigenvalue weighted by Crippen LogP contribution is 2.38. The van der Waals surface area contributed by atoms with Crippen molar-refractivity contribution in [3.05, 3.63) is 35.9 Å². The zero-order chi connectivity index (χ0) is 11.5. The van der Waals surface area contributed by atoms with E-state index >= 15 is 0 Å². The van der Waals surface area contributed by atoms with Crippen LogP contribution in [0.1, 0.15) is 53.0 Å². The van der Waals surface area contributed by atoms with Gasteiger partial charge >= 0.3 is 0 Å². The highest BCUT2D eigenvalue weighted by Gasteiger charge is 2.28. The summed E-state index contributed by atoms with van der Waals surface area (Å²) >= 11 is 0. The molecule has 0 saturated heterocycles. The van der Waals surface area contributed by atoms with Crippen molar-refractivity contribution in [3.8, 4) is 0 Å². The lowest BCUT2D eigenvalue weighted by Crippen LogP contribution is -2.26. The van der Waals surface area contributed by atoms with Gasteiger partial charge in [0, 0.05) is 0 Å². The molecular weight excluding hydrogens is 180 g/mol. The number of hydrogen-bond acceptors (Lipinski definition) is 0. The first kappa shape index (κ1) is 12.3. The molecule has 0 aliphatic carbocycles. The minimum atomic E-state index is 0.279. The first-order chi connectivity index (χ1) is 6.87. The first-order valence-electron chi connectivity index (χ1n) is 5.93. The van der Waals surface area contributed by atoms with Gasteiger partial charge in [-0.25, -0.2) is 0 Å². The fourth-order valence-corrected chi connectivity index (χ4v) is 2.31. The summed E-state index contributed by atoms with van der Waals surface area (Å²) in [6, 6.07) is 10.8. The summed E-state index contributed by atoms with van der Waals surface area (Å²) < 4.78 is 0. The zero-order valence-electron chi connectivity index (χ0n) is 10.8. The van der Waals surface area contributed by atoms with Crippen LogP contribution in [0.5, 0.6) is 0 Å². The molecule has 0 aliphatic rings. The lowest BCUT2D eigenvalue weighted by molar-refractivity contribution is 0.248. The summed E-state index contributed by atoms with van der Waals surface area (Å²) in [6.45, 7) is 11.7. The van der Waals surface area contributed by atoms with Crippen molar-refractivity contribution in [2.24, 2.45) is 5.41 Å². The van der Waals surface area contributed by atoms with Crippen LogP contribution in [0, 0.1) is 5.41 Å². The van der Waals surface area contributed by atoms with Crippen LogP contribution >= 0.6 is 0 Å². The molecular formula is C15H24. The molecule has 0 radical (unpaired) electrons. The summed E-state index contributed by atoms with van der Waals surface area (Å²) in [5.41, 5.74) is 2.16. The molecule has 1 aromatic rings. The molecule has 0 heteroatoms. The van der Waals surface area contributed by atoms with Gasteiger partial charge in [-0.05, 0) is 22.8 Å². The number of hydrogen-bond donors (Lipinski definition) is 0. The van der Waals surface area contributed by atoms with Crippen LogP contribution in [0.15, 0.2) is 30.3 Å². The van der Waals surface area contributed by atoms with E-state index in [1.807, 2.05) is 0 Å². The molecule has 1 rings (SSSR count). The van der Waals surface area contributed by atoms with Crippen molar-refractivity contribution in [3.63, 3.8) is 0 Å². The monoisotopic (exact) mass is 204 g/mol. The van der Waals surface area contributed by atoms with Gasteiger partial charge in [0.1, 0.15) is 0 Å². The Bertz CT molecular complexity index is 293. The maximum absolute atomic E-state index is 2.36. The van der Waals surface area contributed by atoms with E-state index in [9.17, 15) is 0 Å². The normalized spacial score (nSPS) is 12.9. The molecule has 0 aromatic heterocycles. The van der Waals surface area contributed by atoms with Crippen molar-refractivity contribution in [1.82, 2.24) is 0 Å². The average Bonchev–Trinajstić information content (AvgIpc) is 2.18. The molecule has 0 heterocycles. The predicted molar refractivity (Wildman–Crippen MR) is 68.2 cm³/mol. The lowest BCUT2D eigenvalue weighted by atomic mass is 9.70. The van der Waals surface area contributed by atoms with Crippen molar-refractivity contribution in [1.29, 1.82) is 0 Å². The fourth-order valence-electron chi connectivity index (χ4n) is 2.31. The molecule has 0 bridgehead atoms. The third kappa shape index (κ3) is 3.37. The minimum absolute atomic E-state index is 0.279. The highest BCUT2D eigenvalue weighted by atomic mass is 14.3. The van der Waals surface area contributed by atoms with E-state index in [2.05, 4.69) is 65.0 Å². The van der Waals surface area contributed by atoms with Gasteiger partial charge in [0.05, 0.1) is 0 Å². The van der Waals surface area contributed by atoms with Crippen LogP contribution in [0.4, 0.5) is 0 Å². The molecule has 1 aromatic carbocycles. The summed E-state index contributed by atoms with van der Waals surface area (Å²) in [4.78, 5) is 0. The van der Waals surface area contributed by atoms with Gasteiger partial charge in [0.25, 0.3) is 0 Å². The third-order valence-electron chi connectivity index (χ3n) is 3.43. The quantitative estimate of drug-likeness (QED) is 0.661. The summed E-state index contributed by atoms with van der Waals surface area (Å²) in [6.07, 6.45) is 2.48.